The molecule has 0 spiro atoms. The van der Waals surface area contributed by atoms with Crippen LogP contribution in [0.2, 0.25) is 0 Å². The molecule has 1 fully saturated rings. The number of ketones is 1. The molecule has 0 bridgehead atoms. The third-order valence-corrected chi connectivity index (χ3v) is 3.24. The highest BCUT2D eigenvalue weighted by molar-refractivity contribution is 6.26. The van der Waals surface area contributed by atoms with Crippen molar-refractivity contribution >= 4 is 17.7 Å². The van der Waals surface area contributed by atoms with Crippen molar-refractivity contribution in [1.82, 2.24) is 0 Å². The predicted octanol–water partition coefficient (Wildman–Crippen LogP) is 1.77. The maximum Gasteiger partial charge on any atom is 0.339 e. The highest BCUT2D eigenvalue weighted by Crippen LogP contribution is 2.39. The van der Waals surface area contributed by atoms with Crippen LogP contribution in [0.5, 0.6) is 0 Å². The van der Waals surface area contributed by atoms with Crippen LogP contribution >= 0.6 is 0 Å². The van der Waals surface area contributed by atoms with Crippen LogP contribution < -0.4 is 0 Å². The Morgan fingerprint density at radius 1 is 1.00 bits per heavy atom. The zero-order valence-electron chi connectivity index (χ0n) is 11.8. The van der Waals surface area contributed by atoms with Gasteiger partial charge in [-0.15, -0.1) is 0 Å². The summed E-state index contributed by atoms with van der Waals surface area (Å²) in [5, 5.41) is 0. The van der Waals surface area contributed by atoms with Crippen LogP contribution in [-0.4, -0.2) is 23.5 Å². The zero-order valence-corrected chi connectivity index (χ0v) is 11.8. The fourth-order valence-corrected chi connectivity index (χ4v) is 2.24. The van der Waals surface area contributed by atoms with Crippen molar-refractivity contribution < 1.29 is 37.0 Å². The van der Waals surface area contributed by atoms with E-state index in [0.29, 0.717) is 12.1 Å². The molecule has 22 heavy (non-hydrogen) atoms. The van der Waals surface area contributed by atoms with Gasteiger partial charge >= 0.3 is 11.9 Å². The minimum Gasteiger partial charge on any atom is -0.422 e. The van der Waals surface area contributed by atoms with Gasteiger partial charge in [-0.2, -0.15) is 0 Å². The maximum absolute atomic E-state index is 14.0. The summed E-state index contributed by atoms with van der Waals surface area (Å²) < 4.78 is 50.9. The summed E-state index contributed by atoms with van der Waals surface area (Å²) in [7, 11) is 0. The van der Waals surface area contributed by atoms with E-state index in [9.17, 15) is 27.6 Å². The van der Waals surface area contributed by atoms with Gasteiger partial charge in [0.15, 0.2) is 17.4 Å². The van der Waals surface area contributed by atoms with Crippen LogP contribution in [0.3, 0.4) is 0 Å². The number of halogens is 3. The standard InChI is InChI=1S/C14H11F3O5/c1-6(18)14(9-7(15)4-5-8(16)10(9)17)11(19)21-13(2,3)22-12(14)20/h4-5H,1-3H3. The monoisotopic (exact) mass is 316 g/mol. The predicted molar refractivity (Wildman–Crippen MR) is 64.9 cm³/mol. The second-order valence-corrected chi connectivity index (χ2v) is 5.20. The second kappa shape index (κ2) is 4.82. The Hall–Kier alpha value is -2.38. The Morgan fingerprint density at radius 2 is 1.45 bits per heavy atom. The summed E-state index contributed by atoms with van der Waals surface area (Å²) >= 11 is 0. The SMILES string of the molecule is CC(=O)C1(c2c(F)ccc(F)c2F)C(=O)OC(C)(C)OC1=O. The van der Waals surface area contributed by atoms with Gasteiger partial charge in [-0.1, -0.05) is 0 Å². The average molecular weight is 316 g/mol. The molecule has 1 aromatic rings. The fourth-order valence-electron chi connectivity index (χ4n) is 2.24. The number of benzene rings is 1. The molecule has 1 aliphatic rings. The molecule has 5 nitrogen and oxygen atoms in total. The number of carbonyl (C=O) groups excluding carboxylic acids is 3. The highest BCUT2D eigenvalue weighted by Gasteiger charge is 2.63. The number of Topliss-reactive ketones (excluding diaryl/α,β-unsaturated/α-hetero) is 1. The number of hydrogen-bond donors (Lipinski definition) is 0. The van der Waals surface area contributed by atoms with Gasteiger partial charge in [-0.3, -0.25) is 4.79 Å². The molecule has 0 saturated carbocycles. The summed E-state index contributed by atoms with van der Waals surface area (Å²) in [6, 6.07) is 0.962. The van der Waals surface area contributed by atoms with E-state index in [1.807, 2.05) is 0 Å². The Bertz CT molecular complexity index is 676. The number of carbonyl (C=O) groups is 3. The molecule has 0 N–H and O–H groups in total. The lowest BCUT2D eigenvalue weighted by molar-refractivity contribution is -0.241. The van der Waals surface area contributed by atoms with E-state index in [1.165, 1.54) is 13.8 Å². The van der Waals surface area contributed by atoms with Crippen LogP contribution in [0.25, 0.3) is 0 Å². The van der Waals surface area contributed by atoms with Crippen molar-refractivity contribution in [2.75, 3.05) is 0 Å². The van der Waals surface area contributed by atoms with Gasteiger partial charge in [0.05, 0.1) is 5.56 Å². The topological polar surface area (TPSA) is 69.7 Å². The average Bonchev–Trinajstić information content (AvgIpc) is 2.35. The lowest BCUT2D eigenvalue weighted by Crippen LogP contribution is -2.60. The van der Waals surface area contributed by atoms with Gasteiger partial charge in [-0.05, 0) is 19.1 Å². The highest BCUT2D eigenvalue weighted by atomic mass is 19.2. The second-order valence-electron chi connectivity index (χ2n) is 5.20. The molecule has 1 saturated heterocycles. The first kappa shape index (κ1) is 16.0. The van der Waals surface area contributed by atoms with Crippen molar-refractivity contribution in [1.29, 1.82) is 0 Å². The number of hydrogen-bond acceptors (Lipinski definition) is 5. The van der Waals surface area contributed by atoms with Gasteiger partial charge in [-0.25, -0.2) is 22.8 Å². The van der Waals surface area contributed by atoms with Crippen molar-refractivity contribution in [3.63, 3.8) is 0 Å². The van der Waals surface area contributed by atoms with Crippen LogP contribution in [0, 0.1) is 17.5 Å². The van der Waals surface area contributed by atoms with E-state index in [1.54, 1.807) is 0 Å². The molecule has 0 radical (unpaired) electrons. The van der Waals surface area contributed by atoms with Gasteiger partial charge in [0.1, 0.15) is 5.82 Å². The summed E-state index contributed by atoms with van der Waals surface area (Å²) in [5.41, 5.74) is -4.38. The lowest BCUT2D eigenvalue weighted by atomic mass is 9.75. The van der Waals surface area contributed by atoms with Crippen molar-refractivity contribution in [3.05, 3.63) is 35.1 Å². The van der Waals surface area contributed by atoms with Gasteiger partial charge in [0.2, 0.25) is 0 Å². The Labute approximate surface area is 123 Å². The van der Waals surface area contributed by atoms with E-state index < -0.39 is 51.9 Å². The van der Waals surface area contributed by atoms with E-state index in [0.717, 1.165) is 6.92 Å². The first-order valence-electron chi connectivity index (χ1n) is 6.16. The van der Waals surface area contributed by atoms with Crippen molar-refractivity contribution in [2.45, 2.75) is 32.0 Å². The zero-order chi connectivity index (χ0) is 16.9. The van der Waals surface area contributed by atoms with E-state index >= 15 is 0 Å². The lowest BCUT2D eigenvalue weighted by Gasteiger charge is -2.39. The number of ether oxygens (including phenoxy) is 2. The van der Waals surface area contributed by atoms with E-state index in [-0.39, 0.29) is 0 Å². The van der Waals surface area contributed by atoms with Gasteiger partial charge < -0.3 is 9.47 Å². The molecule has 8 heteroatoms. The Balaban J connectivity index is 2.82. The van der Waals surface area contributed by atoms with Crippen LogP contribution in [-0.2, 0) is 29.3 Å². The van der Waals surface area contributed by atoms with E-state index in [4.69, 9.17) is 9.47 Å². The minimum absolute atomic E-state index is 0.464. The number of esters is 2. The van der Waals surface area contributed by atoms with Crippen LogP contribution in [0.4, 0.5) is 13.2 Å². The molecule has 0 aromatic heterocycles. The molecular weight excluding hydrogens is 305 g/mol. The summed E-state index contributed by atoms with van der Waals surface area (Å²) in [6.07, 6.45) is 0. The van der Waals surface area contributed by atoms with Crippen molar-refractivity contribution in [2.24, 2.45) is 0 Å². The maximum atomic E-state index is 14.0. The molecule has 0 amide bonds. The Morgan fingerprint density at radius 3 is 1.91 bits per heavy atom. The van der Waals surface area contributed by atoms with Crippen LogP contribution in [0.15, 0.2) is 12.1 Å². The first-order chi connectivity index (χ1) is 10.0. The molecule has 118 valence electrons. The molecule has 2 rings (SSSR count). The third kappa shape index (κ3) is 2.06. The molecule has 0 unspecified atom stereocenters. The third-order valence-electron chi connectivity index (χ3n) is 3.24. The normalized spacial score (nSPS) is 19.4. The Kier molecular flexibility index (Phi) is 3.51. The summed E-state index contributed by atoms with van der Waals surface area (Å²) in [6.45, 7) is 3.15. The molecular formula is C14H11F3O5. The first-order valence-corrected chi connectivity index (χ1v) is 6.16. The quantitative estimate of drug-likeness (QED) is 0.472. The molecule has 0 atom stereocenters. The van der Waals surface area contributed by atoms with Crippen molar-refractivity contribution in [3.8, 4) is 0 Å². The van der Waals surface area contributed by atoms with Gasteiger partial charge in [0, 0.05) is 13.8 Å². The minimum atomic E-state index is -3.04. The van der Waals surface area contributed by atoms with Gasteiger partial charge in [0.25, 0.3) is 11.2 Å². The largest absolute Gasteiger partial charge is 0.422 e. The molecule has 0 aliphatic carbocycles. The van der Waals surface area contributed by atoms with Crippen LogP contribution in [0.1, 0.15) is 26.3 Å². The number of cyclic esters (lactones) is 2. The molecule has 1 aliphatic heterocycles. The molecule has 1 aromatic carbocycles. The summed E-state index contributed by atoms with van der Waals surface area (Å²) in [5.74, 6) is -10.8. The number of rotatable bonds is 2. The molecule has 1 heterocycles. The van der Waals surface area contributed by atoms with E-state index in [2.05, 4.69) is 0 Å². The smallest absolute Gasteiger partial charge is 0.339 e. The fraction of sp³-hybridized carbons (Fsp3) is 0.357. The summed E-state index contributed by atoms with van der Waals surface area (Å²) in [4.78, 5) is 36.3.